The molecular weight excluding hydrogens is 704 g/mol. The lowest BCUT2D eigenvalue weighted by Crippen LogP contribution is -2.20. The zero-order chi connectivity index (χ0) is 39.4. The Bertz CT molecular complexity index is 1970. The number of anilines is 1. The molecule has 0 bridgehead atoms. The molecule has 0 fully saturated rings. The van der Waals surface area contributed by atoms with E-state index in [4.69, 9.17) is 27.3 Å². The normalized spacial score (nSPS) is 11.2. The summed E-state index contributed by atoms with van der Waals surface area (Å²) >= 11 is 6.24. The molecule has 0 radical (unpaired) electrons. The van der Waals surface area contributed by atoms with E-state index in [1.807, 2.05) is 60.7 Å². The third-order valence-corrected chi connectivity index (χ3v) is 8.84. The van der Waals surface area contributed by atoms with E-state index in [9.17, 15) is 0 Å². The third-order valence-electron chi connectivity index (χ3n) is 8.55. The molecule has 0 aliphatic carbocycles. The minimum absolute atomic E-state index is 0.517. The Hall–Kier alpha value is -4.55. The minimum Gasteiger partial charge on any atom is -0.369 e. The molecule has 0 atom stereocenters. The molecule has 11 heteroatoms. The second kappa shape index (κ2) is 23.4. The van der Waals surface area contributed by atoms with Gasteiger partial charge in [0.25, 0.3) is 0 Å². The van der Waals surface area contributed by atoms with Gasteiger partial charge in [0.15, 0.2) is 0 Å². The van der Waals surface area contributed by atoms with Gasteiger partial charge in [-0.3, -0.25) is 9.80 Å². The topological polar surface area (TPSA) is 103 Å². The lowest BCUT2D eigenvalue weighted by Gasteiger charge is -2.17. The summed E-state index contributed by atoms with van der Waals surface area (Å²) < 4.78 is 0. The van der Waals surface area contributed by atoms with Gasteiger partial charge in [-0.15, -0.1) is 0 Å². The average Bonchev–Trinajstić information content (AvgIpc) is 3.17. The zero-order valence-corrected chi connectivity index (χ0v) is 34.3. The van der Waals surface area contributed by atoms with Crippen LogP contribution in [0.5, 0.6) is 0 Å². The molecule has 6 rings (SSSR count). The van der Waals surface area contributed by atoms with Crippen molar-refractivity contribution in [2.75, 3.05) is 73.8 Å². The summed E-state index contributed by atoms with van der Waals surface area (Å²) in [7, 11) is 12.5. The van der Waals surface area contributed by atoms with Crippen molar-refractivity contribution in [1.29, 1.82) is 0 Å². The SMILES string of the molecule is CN(C)CCCN.CN(C)CCCNc1nc(CN(C)Cc2ccccc2)nc2ccccc12.CN(Cc1ccccc1)Cc1nc(Cl)c2ccccc2n1. The first-order valence-corrected chi connectivity index (χ1v) is 19.3. The van der Waals surface area contributed by atoms with E-state index in [1.165, 1.54) is 11.1 Å². The number of hydrogen-bond donors (Lipinski definition) is 2. The highest BCUT2D eigenvalue weighted by Gasteiger charge is 2.11. The van der Waals surface area contributed by atoms with Crippen molar-refractivity contribution < 1.29 is 0 Å². The van der Waals surface area contributed by atoms with Gasteiger partial charge in [-0.25, -0.2) is 19.9 Å². The van der Waals surface area contributed by atoms with Crippen molar-refractivity contribution in [3.05, 3.63) is 137 Å². The number of halogens is 1. The smallest absolute Gasteiger partial charge is 0.145 e. The van der Waals surface area contributed by atoms with Crippen LogP contribution in [0, 0.1) is 0 Å². The molecule has 292 valence electrons. The predicted molar refractivity (Wildman–Crippen MR) is 231 cm³/mol. The van der Waals surface area contributed by atoms with Gasteiger partial charge in [0, 0.05) is 30.4 Å². The van der Waals surface area contributed by atoms with Crippen LogP contribution in [0.3, 0.4) is 0 Å². The Labute approximate surface area is 333 Å². The molecule has 10 nitrogen and oxygen atoms in total. The summed E-state index contributed by atoms with van der Waals surface area (Å²) in [6.45, 7) is 6.98. The van der Waals surface area contributed by atoms with Crippen LogP contribution in [0.15, 0.2) is 109 Å². The number of rotatable bonds is 16. The van der Waals surface area contributed by atoms with Crippen LogP contribution >= 0.6 is 11.6 Å². The van der Waals surface area contributed by atoms with E-state index < -0.39 is 0 Å². The van der Waals surface area contributed by atoms with Crippen LogP contribution in [0.1, 0.15) is 35.6 Å². The molecule has 55 heavy (non-hydrogen) atoms. The van der Waals surface area contributed by atoms with Gasteiger partial charge in [0.1, 0.15) is 22.6 Å². The van der Waals surface area contributed by atoms with E-state index in [2.05, 4.69) is 126 Å². The largest absolute Gasteiger partial charge is 0.369 e. The van der Waals surface area contributed by atoms with Gasteiger partial charge < -0.3 is 20.9 Å². The lowest BCUT2D eigenvalue weighted by atomic mass is 10.2. The summed E-state index contributed by atoms with van der Waals surface area (Å²) in [5, 5.41) is 6.00. The summed E-state index contributed by atoms with van der Waals surface area (Å²) in [5.74, 6) is 2.53. The number of para-hydroxylation sites is 2. The van der Waals surface area contributed by atoms with Crippen LogP contribution in [-0.2, 0) is 26.2 Å². The van der Waals surface area contributed by atoms with Crippen molar-refractivity contribution in [3.63, 3.8) is 0 Å². The Morgan fingerprint density at radius 2 is 0.982 bits per heavy atom. The maximum absolute atomic E-state index is 6.24. The Morgan fingerprint density at radius 3 is 1.49 bits per heavy atom. The number of nitrogens with zero attached hydrogens (tertiary/aromatic N) is 8. The van der Waals surface area contributed by atoms with E-state index in [0.717, 1.165) is 91.4 Å². The van der Waals surface area contributed by atoms with Crippen molar-refractivity contribution in [3.8, 4) is 0 Å². The van der Waals surface area contributed by atoms with Crippen LogP contribution in [0.2, 0.25) is 5.15 Å². The van der Waals surface area contributed by atoms with Gasteiger partial charge in [-0.1, -0.05) is 96.5 Å². The highest BCUT2D eigenvalue weighted by molar-refractivity contribution is 6.34. The number of aromatic nitrogens is 4. The number of benzene rings is 4. The van der Waals surface area contributed by atoms with Gasteiger partial charge in [-0.05, 0) is 110 Å². The summed E-state index contributed by atoms with van der Waals surface area (Å²) in [6.07, 6.45) is 2.18. The van der Waals surface area contributed by atoms with Gasteiger partial charge in [-0.2, -0.15) is 0 Å². The van der Waals surface area contributed by atoms with Crippen molar-refractivity contribution in [1.82, 2.24) is 39.5 Å². The van der Waals surface area contributed by atoms with E-state index in [1.54, 1.807) is 0 Å². The van der Waals surface area contributed by atoms with E-state index >= 15 is 0 Å². The fourth-order valence-electron chi connectivity index (χ4n) is 5.88. The molecule has 6 aromatic rings. The van der Waals surface area contributed by atoms with Gasteiger partial charge in [0.05, 0.1) is 24.1 Å². The molecule has 4 aromatic carbocycles. The lowest BCUT2D eigenvalue weighted by molar-refractivity contribution is 0.311. The second-order valence-corrected chi connectivity index (χ2v) is 14.7. The molecule has 0 amide bonds. The first-order valence-electron chi connectivity index (χ1n) is 19.0. The van der Waals surface area contributed by atoms with E-state index in [0.29, 0.717) is 18.2 Å². The van der Waals surface area contributed by atoms with Crippen molar-refractivity contribution >= 4 is 39.2 Å². The Balaban J connectivity index is 0.000000213. The molecule has 0 aliphatic heterocycles. The molecule has 3 N–H and O–H groups in total. The number of hydrogen-bond acceptors (Lipinski definition) is 10. The predicted octanol–water partition coefficient (Wildman–Crippen LogP) is 7.44. The van der Waals surface area contributed by atoms with Gasteiger partial charge in [0.2, 0.25) is 0 Å². The molecule has 0 spiro atoms. The minimum atomic E-state index is 0.517. The van der Waals surface area contributed by atoms with Gasteiger partial charge >= 0.3 is 0 Å². The van der Waals surface area contributed by atoms with Crippen molar-refractivity contribution in [2.24, 2.45) is 5.73 Å². The summed E-state index contributed by atoms with van der Waals surface area (Å²) in [5.41, 5.74) is 9.70. The molecule has 2 heterocycles. The number of nitrogens with one attached hydrogen (secondary N) is 1. The third kappa shape index (κ3) is 15.6. The van der Waals surface area contributed by atoms with E-state index in [-0.39, 0.29) is 0 Å². The fraction of sp³-hybridized carbons (Fsp3) is 0.364. The summed E-state index contributed by atoms with van der Waals surface area (Å²) in [6, 6.07) is 36.9. The second-order valence-electron chi connectivity index (χ2n) is 14.3. The highest BCUT2D eigenvalue weighted by Crippen LogP contribution is 2.22. The number of nitrogens with two attached hydrogens (primary N) is 1. The highest BCUT2D eigenvalue weighted by atomic mass is 35.5. The summed E-state index contributed by atoms with van der Waals surface area (Å²) in [4.78, 5) is 27.3. The van der Waals surface area contributed by atoms with Crippen LogP contribution in [0.25, 0.3) is 21.8 Å². The Kier molecular flexibility index (Phi) is 18.4. The standard InChI is InChI=1S/C22H29N5.C17H16ClN3.C5H14N2/c1-26(2)15-9-14-23-22-19-12-7-8-13-20(19)24-21(25-22)17-27(3)16-18-10-5-4-6-11-18;1-21(11-13-7-3-2-4-8-13)12-16-19-15-10-6-5-9-14(15)17(18)20-16;1-7(2)5-3-4-6/h4-8,10-13H,9,14-17H2,1-3H3,(H,23,24,25);2-10H,11-12H2,1H3;3-6H2,1-2H3. The van der Waals surface area contributed by atoms with Crippen LogP contribution < -0.4 is 11.1 Å². The molecule has 2 aromatic heterocycles. The molecular formula is C44H59ClN10. The molecule has 0 saturated carbocycles. The Morgan fingerprint density at radius 1 is 0.527 bits per heavy atom. The monoisotopic (exact) mass is 762 g/mol. The first kappa shape index (κ1) is 43.2. The number of fused-ring (bicyclic) bond motifs is 2. The average molecular weight is 763 g/mol. The quantitative estimate of drug-likeness (QED) is 0.0765. The molecule has 0 aliphatic rings. The van der Waals surface area contributed by atoms with Crippen LogP contribution in [0.4, 0.5) is 5.82 Å². The fourth-order valence-corrected chi connectivity index (χ4v) is 6.14. The maximum atomic E-state index is 6.24. The van der Waals surface area contributed by atoms with Crippen LogP contribution in [-0.4, -0.2) is 108 Å². The first-order chi connectivity index (χ1) is 26.6. The molecule has 0 unspecified atom stereocenters. The molecule has 0 saturated heterocycles. The maximum Gasteiger partial charge on any atom is 0.145 e. The zero-order valence-electron chi connectivity index (χ0n) is 33.5. The van der Waals surface area contributed by atoms with Crippen molar-refractivity contribution in [2.45, 2.75) is 39.0 Å².